The minimum Gasteiger partial charge on any atom is -0.508 e. The van der Waals surface area contributed by atoms with Crippen LogP contribution in [0.4, 0.5) is 5.69 Å². The molecule has 1 N–H and O–H groups in total. The zero-order chi connectivity index (χ0) is 14.7. The monoisotopic (exact) mass is 275 g/mol. The molecule has 1 heterocycles. The van der Waals surface area contributed by atoms with Crippen LogP contribution in [0.5, 0.6) is 0 Å². The third-order valence-corrected chi connectivity index (χ3v) is 2.79. The molecule has 20 heavy (non-hydrogen) atoms. The van der Waals surface area contributed by atoms with Crippen LogP contribution in [0.2, 0.25) is 0 Å². The number of nitrogens with zero attached hydrogens (tertiary/aromatic N) is 1. The van der Waals surface area contributed by atoms with Crippen LogP contribution in [-0.4, -0.2) is 36.5 Å². The second-order valence-corrected chi connectivity index (χ2v) is 4.10. The highest BCUT2D eigenvalue weighted by Crippen LogP contribution is 2.23. The molecule has 0 spiro atoms. The predicted molar refractivity (Wildman–Crippen MR) is 71.2 cm³/mol. The van der Waals surface area contributed by atoms with E-state index < -0.39 is 11.9 Å². The van der Waals surface area contributed by atoms with Crippen molar-refractivity contribution in [1.29, 1.82) is 0 Å². The van der Waals surface area contributed by atoms with Gasteiger partial charge in [0.2, 0.25) is 0 Å². The summed E-state index contributed by atoms with van der Waals surface area (Å²) in [6.45, 7) is 1.41. The fraction of sp³-hybridized carbons (Fsp3) is 0.214. The average molecular weight is 275 g/mol. The second-order valence-electron chi connectivity index (χ2n) is 4.10. The number of ether oxygens (including phenoxy) is 2. The normalized spacial score (nSPS) is 15.3. The summed E-state index contributed by atoms with van der Waals surface area (Å²) in [5, 5.41) is 9.59. The summed E-state index contributed by atoms with van der Waals surface area (Å²) in [5.74, 6) is -1.31. The van der Waals surface area contributed by atoms with Gasteiger partial charge >= 0.3 is 11.9 Å². The number of carbonyl (C=O) groups is 2. The van der Waals surface area contributed by atoms with Gasteiger partial charge in [-0.25, -0.2) is 9.59 Å². The van der Waals surface area contributed by atoms with Gasteiger partial charge in [-0.05, 0) is 19.1 Å². The lowest BCUT2D eigenvalue weighted by atomic mass is 10.1. The zero-order valence-electron chi connectivity index (χ0n) is 11.0. The topological polar surface area (TPSA) is 85.2 Å². The quantitative estimate of drug-likeness (QED) is 0.673. The number of carbonyl (C=O) groups excluding carboxylic acids is 2. The van der Waals surface area contributed by atoms with Gasteiger partial charge in [-0.1, -0.05) is 12.1 Å². The number of esters is 2. The van der Waals surface area contributed by atoms with Crippen molar-refractivity contribution in [2.45, 2.75) is 6.92 Å². The summed E-state index contributed by atoms with van der Waals surface area (Å²) >= 11 is 0. The standard InChI is InChI=1S/C14H13NO5/c1-8(12-11(16)7-20-14(12)18)15-10-6-4-3-5-9(10)13(17)19-2/h3-6,16H,7H2,1-2H3. The average Bonchev–Trinajstić information content (AvgIpc) is 2.78. The van der Waals surface area contributed by atoms with Crippen LogP contribution in [0, 0.1) is 0 Å². The Labute approximate surface area is 115 Å². The van der Waals surface area contributed by atoms with E-state index in [-0.39, 0.29) is 29.2 Å². The Morgan fingerprint density at radius 3 is 2.70 bits per heavy atom. The molecular formula is C14H13NO5. The number of aliphatic hydroxyl groups excluding tert-OH is 1. The lowest BCUT2D eigenvalue weighted by Crippen LogP contribution is -2.08. The van der Waals surface area contributed by atoms with Crippen LogP contribution in [0.15, 0.2) is 40.6 Å². The Hall–Kier alpha value is -2.63. The molecule has 6 heteroatoms. The molecule has 0 saturated carbocycles. The highest BCUT2D eigenvalue weighted by Gasteiger charge is 2.27. The van der Waals surface area contributed by atoms with Gasteiger partial charge in [-0.15, -0.1) is 0 Å². The first kappa shape index (κ1) is 13.8. The van der Waals surface area contributed by atoms with Gasteiger partial charge in [0.25, 0.3) is 0 Å². The van der Waals surface area contributed by atoms with Crippen molar-refractivity contribution in [1.82, 2.24) is 0 Å². The summed E-state index contributed by atoms with van der Waals surface area (Å²) < 4.78 is 9.36. The molecule has 0 aromatic heterocycles. The van der Waals surface area contributed by atoms with Crippen molar-refractivity contribution in [2.75, 3.05) is 13.7 Å². The Balaban J connectivity index is 2.43. The zero-order valence-corrected chi connectivity index (χ0v) is 11.0. The van der Waals surface area contributed by atoms with Crippen LogP contribution < -0.4 is 0 Å². The first-order valence-electron chi connectivity index (χ1n) is 5.87. The molecule has 0 saturated heterocycles. The number of methoxy groups -OCH3 is 1. The Bertz CT molecular complexity index is 630. The van der Waals surface area contributed by atoms with E-state index in [4.69, 9.17) is 4.74 Å². The van der Waals surface area contributed by atoms with E-state index in [9.17, 15) is 14.7 Å². The molecule has 0 amide bonds. The summed E-state index contributed by atoms with van der Waals surface area (Å²) in [7, 11) is 1.28. The molecule has 1 aliphatic heterocycles. The fourth-order valence-electron chi connectivity index (χ4n) is 1.84. The van der Waals surface area contributed by atoms with E-state index in [0.717, 1.165) is 0 Å². The highest BCUT2D eigenvalue weighted by molar-refractivity contribution is 6.21. The fourth-order valence-corrected chi connectivity index (χ4v) is 1.84. The Kier molecular flexibility index (Phi) is 3.84. The smallest absolute Gasteiger partial charge is 0.344 e. The lowest BCUT2D eigenvalue weighted by molar-refractivity contribution is -0.135. The van der Waals surface area contributed by atoms with E-state index in [1.807, 2.05) is 0 Å². The Morgan fingerprint density at radius 2 is 2.10 bits per heavy atom. The van der Waals surface area contributed by atoms with Gasteiger partial charge < -0.3 is 14.6 Å². The number of hydrogen-bond acceptors (Lipinski definition) is 6. The summed E-state index contributed by atoms with van der Waals surface area (Å²) in [4.78, 5) is 27.3. The van der Waals surface area contributed by atoms with E-state index in [2.05, 4.69) is 9.73 Å². The molecule has 0 bridgehead atoms. The van der Waals surface area contributed by atoms with Gasteiger partial charge in [-0.2, -0.15) is 0 Å². The number of para-hydroxylation sites is 1. The van der Waals surface area contributed by atoms with Crippen LogP contribution in [0.25, 0.3) is 0 Å². The molecule has 1 aromatic rings. The van der Waals surface area contributed by atoms with Crippen LogP contribution in [-0.2, 0) is 14.3 Å². The predicted octanol–water partition coefficient (Wildman–Crippen LogP) is 1.93. The van der Waals surface area contributed by atoms with Gasteiger partial charge in [-0.3, -0.25) is 4.99 Å². The molecule has 2 rings (SSSR count). The van der Waals surface area contributed by atoms with Crippen molar-refractivity contribution >= 4 is 23.3 Å². The SMILES string of the molecule is COC(=O)c1ccccc1N=C(C)C1=C(O)COC1=O. The number of rotatable bonds is 3. The molecule has 6 nitrogen and oxygen atoms in total. The lowest BCUT2D eigenvalue weighted by Gasteiger charge is -2.05. The van der Waals surface area contributed by atoms with E-state index in [1.54, 1.807) is 31.2 Å². The van der Waals surface area contributed by atoms with E-state index in [0.29, 0.717) is 5.69 Å². The molecule has 0 atom stereocenters. The molecule has 0 fully saturated rings. The molecule has 0 aliphatic carbocycles. The number of aliphatic hydroxyl groups is 1. The van der Waals surface area contributed by atoms with Crippen molar-refractivity contribution in [3.63, 3.8) is 0 Å². The molecule has 1 aromatic carbocycles. The third kappa shape index (κ3) is 2.54. The second kappa shape index (κ2) is 5.56. The maximum absolute atomic E-state index is 11.6. The van der Waals surface area contributed by atoms with E-state index >= 15 is 0 Å². The number of aliphatic imine (C=N–C) groups is 1. The number of hydrogen-bond donors (Lipinski definition) is 1. The summed E-state index contributed by atoms with van der Waals surface area (Å²) in [6.07, 6.45) is 0. The number of benzene rings is 1. The molecule has 1 aliphatic rings. The maximum atomic E-state index is 11.6. The molecule has 104 valence electrons. The summed E-state index contributed by atoms with van der Waals surface area (Å²) in [5.41, 5.74) is 0.948. The van der Waals surface area contributed by atoms with Gasteiger partial charge in [0.15, 0.2) is 0 Å². The third-order valence-electron chi connectivity index (χ3n) is 2.79. The number of cyclic esters (lactones) is 1. The minimum absolute atomic E-state index is 0.0321. The van der Waals surface area contributed by atoms with Crippen LogP contribution >= 0.6 is 0 Å². The molecular weight excluding hydrogens is 262 g/mol. The first-order valence-corrected chi connectivity index (χ1v) is 5.87. The first-order chi connectivity index (χ1) is 9.54. The Morgan fingerprint density at radius 1 is 1.40 bits per heavy atom. The minimum atomic E-state index is -0.626. The highest BCUT2D eigenvalue weighted by atomic mass is 16.5. The van der Waals surface area contributed by atoms with Crippen LogP contribution in [0.1, 0.15) is 17.3 Å². The van der Waals surface area contributed by atoms with Crippen LogP contribution in [0.3, 0.4) is 0 Å². The van der Waals surface area contributed by atoms with Gasteiger partial charge in [0, 0.05) is 0 Å². The summed E-state index contributed by atoms with van der Waals surface area (Å²) in [6, 6.07) is 6.58. The molecule has 0 unspecified atom stereocenters. The largest absolute Gasteiger partial charge is 0.508 e. The van der Waals surface area contributed by atoms with E-state index in [1.165, 1.54) is 7.11 Å². The van der Waals surface area contributed by atoms with Gasteiger partial charge in [0.1, 0.15) is 17.9 Å². The van der Waals surface area contributed by atoms with Crippen molar-refractivity contribution < 1.29 is 24.2 Å². The van der Waals surface area contributed by atoms with Gasteiger partial charge in [0.05, 0.1) is 24.1 Å². The maximum Gasteiger partial charge on any atom is 0.344 e. The van der Waals surface area contributed by atoms with Crippen molar-refractivity contribution in [3.05, 3.63) is 41.2 Å². The van der Waals surface area contributed by atoms with Crippen molar-refractivity contribution in [2.24, 2.45) is 4.99 Å². The molecule has 0 radical (unpaired) electrons. The van der Waals surface area contributed by atoms with Crippen molar-refractivity contribution in [3.8, 4) is 0 Å².